The van der Waals surface area contributed by atoms with Crippen molar-refractivity contribution in [3.8, 4) is 0 Å². The van der Waals surface area contributed by atoms with Crippen LogP contribution in [-0.4, -0.2) is 36.7 Å². The van der Waals surface area contributed by atoms with Gasteiger partial charge in [-0.2, -0.15) is 0 Å². The van der Waals surface area contributed by atoms with Gasteiger partial charge in [-0.1, -0.05) is 25.6 Å². The number of methoxy groups -OCH3 is 1. The summed E-state index contributed by atoms with van der Waals surface area (Å²) in [6.45, 7) is 5.13. The second kappa shape index (κ2) is 7.12. The van der Waals surface area contributed by atoms with E-state index in [9.17, 15) is 0 Å². The molecular weight excluding hydrogens is 208 g/mol. The molecule has 0 bridgehead atoms. The van der Waals surface area contributed by atoms with Crippen LogP contribution in [0.5, 0.6) is 0 Å². The van der Waals surface area contributed by atoms with Crippen molar-refractivity contribution in [3.63, 3.8) is 0 Å². The van der Waals surface area contributed by atoms with E-state index in [4.69, 9.17) is 4.74 Å². The van der Waals surface area contributed by atoms with E-state index in [-0.39, 0.29) is 0 Å². The van der Waals surface area contributed by atoms with Crippen molar-refractivity contribution in [1.82, 2.24) is 5.32 Å². The summed E-state index contributed by atoms with van der Waals surface area (Å²) < 4.78 is 5.16. The van der Waals surface area contributed by atoms with Crippen LogP contribution in [0.2, 0.25) is 0 Å². The van der Waals surface area contributed by atoms with Crippen LogP contribution in [0.1, 0.15) is 33.1 Å². The molecule has 1 heterocycles. The maximum Gasteiger partial charge on any atom is 0.157 e. The van der Waals surface area contributed by atoms with E-state index in [1.807, 2.05) is 11.8 Å². The summed E-state index contributed by atoms with van der Waals surface area (Å²) in [5.74, 6) is 1.19. The van der Waals surface area contributed by atoms with Crippen molar-refractivity contribution < 1.29 is 4.74 Å². The average Bonchev–Trinajstić information content (AvgIpc) is 2.29. The Morgan fingerprint density at radius 1 is 1.60 bits per heavy atom. The first-order chi connectivity index (χ1) is 7.30. The lowest BCUT2D eigenvalue weighted by Gasteiger charge is -2.23. The van der Waals surface area contributed by atoms with E-state index in [1.54, 1.807) is 7.11 Å². The molecule has 0 amide bonds. The molecule has 0 aromatic carbocycles. The second-order valence-corrected chi connectivity index (χ2v) is 4.92. The molecule has 88 valence electrons. The number of thioether (sulfide) groups is 1. The molecule has 1 aliphatic heterocycles. The van der Waals surface area contributed by atoms with Crippen LogP contribution in [0.15, 0.2) is 4.99 Å². The van der Waals surface area contributed by atoms with Crippen molar-refractivity contribution in [3.05, 3.63) is 0 Å². The first-order valence-electron chi connectivity index (χ1n) is 5.76. The molecule has 0 radical (unpaired) electrons. The zero-order valence-electron chi connectivity index (χ0n) is 9.95. The summed E-state index contributed by atoms with van der Waals surface area (Å²) in [4.78, 5) is 4.68. The average molecular weight is 230 g/mol. The molecule has 1 rings (SSSR count). The van der Waals surface area contributed by atoms with E-state index in [1.165, 1.54) is 12.2 Å². The van der Waals surface area contributed by atoms with Crippen LogP contribution in [0.25, 0.3) is 0 Å². The topological polar surface area (TPSA) is 33.6 Å². The molecule has 3 nitrogen and oxygen atoms in total. The van der Waals surface area contributed by atoms with Crippen molar-refractivity contribution in [2.75, 3.05) is 19.5 Å². The Hall–Kier alpha value is -0.220. The first kappa shape index (κ1) is 12.8. The fraction of sp³-hybridized carbons (Fsp3) is 0.909. The minimum Gasteiger partial charge on any atom is -0.383 e. The highest BCUT2D eigenvalue weighted by Gasteiger charge is 2.16. The van der Waals surface area contributed by atoms with Gasteiger partial charge < -0.3 is 10.1 Å². The molecule has 0 fully saturated rings. The molecule has 4 heteroatoms. The van der Waals surface area contributed by atoms with Crippen LogP contribution in [0, 0.1) is 0 Å². The summed E-state index contributed by atoms with van der Waals surface area (Å²) in [5.41, 5.74) is 0. The summed E-state index contributed by atoms with van der Waals surface area (Å²) in [6.07, 6.45) is 3.43. The standard InChI is InChI=1S/C11H22N2OS/c1-4-9-6-7-15-11(12-9)13-10(5-2)8-14-3/h9-10H,4-8H2,1-3H3,(H,12,13). The van der Waals surface area contributed by atoms with Crippen molar-refractivity contribution in [2.45, 2.75) is 45.2 Å². The van der Waals surface area contributed by atoms with Gasteiger partial charge in [-0.15, -0.1) is 0 Å². The molecule has 15 heavy (non-hydrogen) atoms. The number of rotatable bonds is 5. The molecule has 2 atom stereocenters. The minimum absolute atomic E-state index is 0.400. The van der Waals surface area contributed by atoms with Crippen molar-refractivity contribution >= 4 is 16.9 Å². The third kappa shape index (κ3) is 4.43. The predicted octanol–water partition coefficient (Wildman–Crippen LogP) is 2.27. The second-order valence-electron chi connectivity index (χ2n) is 3.84. The van der Waals surface area contributed by atoms with E-state index in [2.05, 4.69) is 24.2 Å². The molecule has 0 saturated heterocycles. The minimum atomic E-state index is 0.400. The van der Waals surface area contributed by atoms with Crippen molar-refractivity contribution in [1.29, 1.82) is 0 Å². The quantitative estimate of drug-likeness (QED) is 0.786. The number of hydrogen-bond donors (Lipinski definition) is 1. The monoisotopic (exact) mass is 230 g/mol. The Balaban J connectivity index is 2.44. The molecule has 0 aromatic rings. The van der Waals surface area contributed by atoms with Gasteiger partial charge in [-0.3, -0.25) is 4.99 Å². The predicted molar refractivity (Wildman–Crippen MR) is 67.7 cm³/mol. The van der Waals surface area contributed by atoms with Gasteiger partial charge in [0.2, 0.25) is 0 Å². The highest BCUT2D eigenvalue weighted by atomic mass is 32.2. The summed E-state index contributed by atoms with van der Waals surface area (Å²) in [6, 6.07) is 0.922. The van der Waals surface area contributed by atoms with E-state index in [0.717, 1.165) is 24.6 Å². The van der Waals surface area contributed by atoms with Gasteiger partial charge in [0.1, 0.15) is 0 Å². The Morgan fingerprint density at radius 2 is 2.40 bits per heavy atom. The van der Waals surface area contributed by atoms with Crippen LogP contribution in [-0.2, 0) is 4.74 Å². The number of amidine groups is 1. The Kier molecular flexibility index (Phi) is 6.10. The molecule has 1 N–H and O–H groups in total. The lowest BCUT2D eigenvalue weighted by Crippen LogP contribution is -2.38. The van der Waals surface area contributed by atoms with Crippen LogP contribution in [0.3, 0.4) is 0 Å². The number of nitrogens with zero attached hydrogens (tertiary/aromatic N) is 1. The third-order valence-corrected chi connectivity index (χ3v) is 3.59. The smallest absolute Gasteiger partial charge is 0.157 e. The molecule has 0 spiro atoms. The maximum absolute atomic E-state index is 5.16. The number of ether oxygens (including phenoxy) is 1. The maximum atomic E-state index is 5.16. The zero-order valence-corrected chi connectivity index (χ0v) is 10.8. The largest absolute Gasteiger partial charge is 0.383 e. The number of hydrogen-bond acceptors (Lipinski definition) is 4. The van der Waals surface area contributed by atoms with E-state index >= 15 is 0 Å². The van der Waals surface area contributed by atoms with Gasteiger partial charge in [0.25, 0.3) is 0 Å². The SMILES string of the molecule is CCC1CCSC(NC(CC)COC)=N1. The van der Waals surface area contributed by atoms with E-state index < -0.39 is 0 Å². The molecule has 0 saturated carbocycles. The van der Waals surface area contributed by atoms with Crippen molar-refractivity contribution in [2.24, 2.45) is 4.99 Å². The van der Waals surface area contributed by atoms with Crippen LogP contribution >= 0.6 is 11.8 Å². The summed E-state index contributed by atoms with van der Waals surface area (Å²) in [5, 5.41) is 4.57. The van der Waals surface area contributed by atoms with Crippen LogP contribution < -0.4 is 5.32 Å². The number of nitrogens with one attached hydrogen (secondary N) is 1. The molecule has 0 aromatic heterocycles. The third-order valence-electron chi connectivity index (χ3n) is 2.65. The van der Waals surface area contributed by atoms with Gasteiger partial charge in [0.15, 0.2) is 5.17 Å². The molecular formula is C11H22N2OS. The zero-order chi connectivity index (χ0) is 11.1. The molecule has 1 aliphatic rings. The molecule has 2 unspecified atom stereocenters. The highest BCUT2D eigenvalue weighted by Crippen LogP contribution is 2.18. The lowest BCUT2D eigenvalue weighted by atomic mass is 10.2. The fourth-order valence-electron chi connectivity index (χ4n) is 1.57. The highest BCUT2D eigenvalue weighted by molar-refractivity contribution is 8.13. The fourth-order valence-corrected chi connectivity index (χ4v) is 2.63. The van der Waals surface area contributed by atoms with Gasteiger partial charge >= 0.3 is 0 Å². The number of aliphatic imine (C=N–C) groups is 1. The Bertz CT molecular complexity index is 209. The van der Waals surface area contributed by atoms with Gasteiger partial charge in [-0.25, -0.2) is 0 Å². The molecule has 0 aliphatic carbocycles. The van der Waals surface area contributed by atoms with Crippen LogP contribution in [0.4, 0.5) is 0 Å². The van der Waals surface area contributed by atoms with Gasteiger partial charge in [0.05, 0.1) is 18.7 Å². The van der Waals surface area contributed by atoms with Gasteiger partial charge in [-0.05, 0) is 19.3 Å². The van der Waals surface area contributed by atoms with Gasteiger partial charge in [0, 0.05) is 12.9 Å². The summed E-state index contributed by atoms with van der Waals surface area (Å²) in [7, 11) is 1.75. The normalized spacial score (nSPS) is 23.4. The summed E-state index contributed by atoms with van der Waals surface area (Å²) >= 11 is 1.84. The lowest BCUT2D eigenvalue weighted by molar-refractivity contribution is 0.172. The first-order valence-corrected chi connectivity index (χ1v) is 6.74. The Labute approximate surface area is 97.1 Å². The Morgan fingerprint density at radius 3 is 3.00 bits per heavy atom. The van der Waals surface area contributed by atoms with E-state index in [0.29, 0.717) is 12.1 Å².